The van der Waals surface area contributed by atoms with E-state index in [1.807, 2.05) is 0 Å². The Bertz CT molecular complexity index is 1100. The highest BCUT2D eigenvalue weighted by molar-refractivity contribution is 5.77. The lowest BCUT2D eigenvalue weighted by Crippen LogP contribution is -2.55. The van der Waals surface area contributed by atoms with Crippen LogP contribution < -0.4 is 0 Å². The second-order valence-corrected chi connectivity index (χ2v) is 19.8. The molecule has 6 rings (SSSR count). The first-order chi connectivity index (χ1) is 22.3. The van der Waals surface area contributed by atoms with Crippen LogP contribution in [0.15, 0.2) is 0 Å². The molecule has 0 radical (unpaired) electrons. The summed E-state index contributed by atoms with van der Waals surface area (Å²) in [6.45, 7) is 18.1. The molecule has 12 unspecified atom stereocenters. The number of carbonyl (C=O) groups is 2. The molecule has 0 heterocycles. The third-order valence-electron chi connectivity index (χ3n) is 16.5. The second-order valence-electron chi connectivity index (χ2n) is 19.8. The first kappa shape index (κ1) is 35.8. The molecule has 0 bridgehead atoms. The van der Waals surface area contributed by atoms with E-state index in [0.717, 1.165) is 66.1 Å². The summed E-state index contributed by atoms with van der Waals surface area (Å²) in [4.78, 5) is 26.0. The molecule has 47 heavy (non-hydrogen) atoms. The Morgan fingerprint density at radius 1 is 0.596 bits per heavy atom. The van der Waals surface area contributed by atoms with Crippen molar-refractivity contribution < 1.29 is 19.1 Å². The minimum absolute atomic E-state index is 0.0438. The molecule has 6 fully saturated rings. The Hall–Kier alpha value is -1.06. The third-order valence-corrected chi connectivity index (χ3v) is 16.5. The summed E-state index contributed by atoms with van der Waals surface area (Å²) in [5.74, 6) is 8.60. The van der Waals surface area contributed by atoms with Gasteiger partial charge in [-0.05, 0) is 160 Å². The molecule has 0 aliphatic heterocycles. The van der Waals surface area contributed by atoms with E-state index in [0.29, 0.717) is 30.5 Å². The van der Waals surface area contributed by atoms with Crippen molar-refractivity contribution in [3.05, 3.63) is 0 Å². The summed E-state index contributed by atoms with van der Waals surface area (Å²) in [5.41, 5.74) is 0.492. The fraction of sp³-hybridized carbons (Fsp3) is 0.953. The van der Waals surface area contributed by atoms with E-state index in [4.69, 9.17) is 9.47 Å². The molecular weight excluding hydrogens is 580 g/mol. The van der Waals surface area contributed by atoms with Gasteiger partial charge in [0.2, 0.25) is 0 Å². The van der Waals surface area contributed by atoms with E-state index in [1.165, 1.54) is 89.9 Å². The van der Waals surface area contributed by atoms with Crippen molar-refractivity contribution in [2.24, 2.45) is 81.3 Å². The van der Waals surface area contributed by atoms with E-state index < -0.39 is 0 Å². The lowest BCUT2D eigenvalue weighted by atomic mass is 9.44. The molecule has 0 spiro atoms. The molecule has 4 nitrogen and oxygen atoms in total. The normalized spacial score (nSPS) is 44.9. The first-order valence-electron chi connectivity index (χ1n) is 20.6. The third kappa shape index (κ3) is 7.25. The van der Waals surface area contributed by atoms with Crippen LogP contribution in [0.3, 0.4) is 0 Å². The fourth-order valence-electron chi connectivity index (χ4n) is 13.7. The predicted octanol–water partition coefficient (Wildman–Crippen LogP) is 11.1. The summed E-state index contributed by atoms with van der Waals surface area (Å²) in [6, 6.07) is 0. The van der Waals surface area contributed by atoms with Gasteiger partial charge < -0.3 is 9.47 Å². The molecule has 6 saturated carbocycles. The van der Waals surface area contributed by atoms with Crippen molar-refractivity contribution in [1.82, 2.24) is 0 Å². The average Bonchev–Trinajstić information content (AvgIpc) is 3.05. The highest BCUT2D eigenvalue weighted by Gasteiger charge is 2.57. The zero-order chi connectivity index (χ0) is 33.6. The Labute approximate surface area is 289 Å². The summed E-state index contributed by atoms with van der Waals surface area (Å²) >= 11 is 0. The largest absolute Gasteiger partial charge is 0.465 e. The quantitative estimate of drug-likeness (QED) is 0.233. The Kier molecular flexibility index (Phi) is 10.9. The van der Waals surface area contributed by atoms with Gasteiger partial charge in [0.1, 0.15) is 0 Å². The van der Waals surface area contributed by atoms with Gasteiger partial charge in [-0.25, -0.2) is 0 Å². The standard InChI is InChI=1S/C43H72O4/c1-28(2)30-11-15-34-32(24-30)13-17-37-35(34)10-8-21-41(37,5)26-46-39(44)19-20-40(45)47-27-42(6)22-9-23-43(7)36-16-12-31(29(3)4)25-33(36)14-18-38(42)43/h28-38H,8-27H2,1-7H3. The van der Waals surface area contributed by atoms with Crippen LogP contribution >= 0.6 is 0 Å². The molecule has 0 aromatic heterocycles. The summed E-state index contributed by atoms with van der Waals surface area (Å²) in [5, 5.41) is 0. The van der Waals surface area contributed by atoms with Gasteiger partial charge in [0.15, 0.2) is 0 Å². The Morgan fingerprint density at radius 3 is 1.85 bits per heavy atom. The molecule has 0 N–H and O–H groups in total. The summed E-state index contributed by atoms with van der Waals surface area (Å²) < 4.78 is 12.0. The Morgan fingerprint density at radius 2 is 1.17 bits per heavy atom. The minimum atomic E-state index is -0.221. The van der Waals surface area contributed by atoms with E-state index in [1.54, 1.807) is 0 Å². The molecule has 268 valence electrons. The molecule has 6 aliphatic rings. The van der Waals surface area contributed by atoms with Crippen LogP contribution in [-0.2, 0) is 19.1 Å². The van der Waals surface area contributed by atoms with Crippen molar-refractivity contribution in [2.45, 2.75) is 164 Å². The lowest BCUT2D eigenvalue weighted by Gasteiger charge is -2.61. The smallest absolute Gasteiger partial charge is 0.306 e. The number of ether oxygens (including phenoxy) is 2. The van der Waals surface area contributed by atoms with Gasteiger partial charge in [-0.2, -0.15) is 0 Å². The van der Waals surface area contributed by atoms with Crippen LogP contribution in [0.5, 0.6) is 0 Å². The molecule has 12 atom stereocenters. The highest BCUT2D eigenvalue weighted by atomic mass is 16.5. The van der Waals surface area contributed by atoms with Gasteiger partial charge in [-0.3, -0.25) is 9.59 Å². The van der Waals surface area contributed by atoms with Crippen molar-refractivity contribution >= 4 is 11.9 Å². The summed E-state index contributed by atoms with van der Waals surface area (Å²) in [7, 11) is 0. The van der Waals surface area contributed by atoms with E-state index in [9.17, 15) is 9.59 Å². The van der Waals surface area contributed by atoms with Crippen LogP contribution in [0.25, 0.3) is 0 Å². The van der Waals surface area contributed by atoms with Crippen molar-refractivity contribution in [1.29, 1.82) is 0 Å². The van der Waals surface area contributed by atoms with Crippen molar-refractivity contribution in [3.63, 3.8) is 0 Å². The molecule has 4 heteroatoms. The van der Waals surface area contributed by atoms with Crippen molar-refractivity contribution in [3.8, 4) is 0 Å². The molecule has 0 saturated heterocycles. The van der Waals surface area contributed by atoms with Crippen LogP contribution in [0.4, 0.5) is 0 Å². The monoisotopic (exact) mass is 653 g/mol. The van der Waals surface area contributed by atoms with Gasteiger partial charge >= 0.3 is 11.9 Å². The number of fused-ring (bicyclic) bond motifs is 6. The van der Waals surface area contributed by atoms with Crippen LogP contribution in [0.2, 0.25) is 0 Å². The fourth-order valence-corrected chi connectivity index (χ4v) is 13.7. The maximum atomic E-state index is 13.0. The molecule has 0 aromatic rings. The lowest BCUT2D eigenvalue weighted by molar-refractivity contribution is -0.166. The van der Waals surface area contributed by atoms with Gasteiger partial charge in [-0.1, -0.05) is 61.3 Å². The number of hydrogen-bond donors (Lipinski definition) is 0. The van der Waals surface area contributed by atoms with Gasteiger partial charge in [-0.15, -0.1) is 0 Å². The molecular formula is C43H72O4. The molecule has 0 amide bonds. The topological polar surface area (TPSA) is 52.6 Å². The van der Waals surface area contributed by atoms with E-state index >= 15 is 0 Å². The van der Waals surface area contributed by atoms with Crippen molar-refractivity contribution in [2.75, 3.05) is 13.2 Å². The SMILES string of the molecule is CC(C)C1CCC2C(CCC3C2CCCC3(C)COC(=O)CCC(=O)OCC2(C)CCCC3(C)C4CCC(C(C)C)CC4CCC23)C1. The first-order valence-corrected chi connectivity index (χ1v) is 20.6. The highest BCUT2D eigenvalue weighted by Crippen LogP contribution is 2.64. The maximum absolute atomic E-state index is 13.0. The van der Waals surface area contributed by atoms with Crippen LogP contribution in [-0.4, -0.2) is 25.2 Å². The molecule has 6 aliphatic carbocycles. The predicted molar refractivity (Wildman–Crippen MR) is 190 cm³/mol. The maximum Gasteiger partial charge on any atom is 0.306 e. The number of carbonyl (C=O) groups excluding carboxylic acids is 2. The number of esters is 2. The number of rotatable bonds is 9. The average molecular weight is 653 g/mol. The zero-order valence-electron chi connectivity index (χ0n) is 31.6. The van der Waals surface area contributed by atoms with Gasteiger partial charge in [0.25, 0.3) is 0 Å². The van der Waals surface area contributed by atoms with E-state index in [-0.39, 0.29) is 35.6 Å². The Balaban J connectivity index is 0.960. The minimum Gasteiger partial charge on any atom is -0.465 e. The van der Waals surface area contributed by atoms with Crippen LogP contribution in [0.1, 0.15) is 164 Å². The van der Waals surface area contributed by atoms with Crippen LogP contribution in [0, 0.1) is 81.3 Å². The van der Waals surface area contributed by atoms with Gasteiger partial charge in [0.05, 0.1) is 26.1 Å². The zero-order valence-corrected chi connectivity index (χ0v) is 31.6. The second kappa shape index (κ2) is 14.3. The molecule has 0 aromatic carbocycles. The number of hydrogen-bond acceptors (Lipinski definition) is 4. The van der Waals surface area contributed by atoms with Gasteiger partial charge in [0, 0.05) is 10.8 Å². The van der Waals surface area contributed by atoms with E-state index in [2.05, 4.69) is 48.5 Å². The summed E-state index contributed by atoms with van der Waals surface area (Å²) in [6.07, 6.45) is 21.5.